The van der Waals surface area contributed by atoms with Crippen LogP contribution >= 0.6 is 11.3 Å². The number of fused-ring (bicyclic) bond motifs is 3. The van der Waals surface area contributed by atoms with Gasteiger partial charge in [0.2, 0.25) is 5.78 Å². The molecule has 0 spiro atoms. The van der Waals surface area contributed by atoms with E-state index in [4.69, 9.17) is 0 Å². The number of aromatic nitrogens is 1. The lowest BCUT2D eigenvalue weighted by molar-refractivity contribution is 0.0607. The highest BCUT2D eigenvalue weighted by atomic mass is 32.1. The molecule has 0 bridgehead atoms. The van der Waals surface area contributed by atoms with Crippen molar-refractivity contribution in [3.8, 4) is 0 Å². The maximum absolute atomic E-state index is 12.9. The highest BCUT2D eigenvalue weighted by Crippen LogP contribution is 2.42. The number of nitrogens with zero attached hydrogens (tertiary/aromatic N) is 3. The minimum Gasteiger partial charge on any atom is -0.374 e. The van der Waals surface area contributed by atoms with E-state index in [0.717, 1.165) is 27.2 Å². The normalized spacial score (nSPS) is 21.7. The second-order valence-corrected chi connectivity index (χ2v) is 8.18. The number of hydrogen-bond donors (Lipinski definition) is 1. The lowest BCUT2D eigenvalue weighted by atomic mass is 9.92. The molecule has 5 nitrogen and oxygen atoms in total. The van der Waals surface area contributed by atoms with Gasteiger partial charge in [0, 0.05) is 34.6 Å². The third-order valence-electron chi connectivity index (χ3n) is 5.09. The third kappa shape index (κ3) is 2.09. The summed E-state index contributed by atoms with van der Waals surface area (Å²) < 4.78 is 0. The summed E-state index contributed by atoms with van der Waals surface area (Å²) in [6.45, 7) is 4.48. The van der Waals surface area contributed by atoms with Crippen molar-refractivity contribution in [1.29, 1.82) is 0 Å². The van der Waals surface area contributed by atoms with E-state index in [1.54, 1.807) is 0 Å². The predicted molar refractivity (Wildman–Crippen MR) is 104 cm³/mol. The highest BCUT2D eigenvalue weighted by Gasteiger charge is 2.53. The first-order chi connectivity index (χ1) is 12.5. The molecule has 2 aromatic heterocycles. The molecule has 2 aliphatic rings. The van der Waals surface area contributed by atoms with E-state index in [-0.39, 0.29) is 5.78 Å². The van der Waals surface area contributed by atoms with Crippen molar-refractivity contribution >= 4 is 45.2 Å². The number of ketones is 1. The van der Waals surface area contributed by atoms with E-state index in [0.29, 0.717) is 29.4 Å². The molecule has 1 aromatic carbocycles. The van der Waals surface area contributed by atoms with Crippen LogP contribution in [0.15, 0.2) is 41.4 Å². The van der Waals surface area contributed by atoms with Crippen LogP contribution in [0, 0.1) is 13.8 Å². The average molecular weight is 363 g/mol. The zero-order valence-corrected chi connectivity index (χ0v) is 15.3. The fourth-order valence-electron chi connectivity index (χ4n) is 3.77. The van der Waals surface area contributed by atoms with Crippen LogP contribution in [-0.4, -0.2) is 33.9 Å². The Labute approximate surface area is 154 Å². The Hall–Kier alpha value is -2.57. The Morgan fingerprint density at radius 3 is 2.88 bits per heavy atom. The largest absolute Gasteiger partial charge is 0.374 e. The first-order valence-electron chi connectivity index (χ1n) is 8.57. The number of benzene rings is 1. The second-order valence-electron chi connectivity index (χ2n) is 6.93. The standard InChI is InChI=1S/C20H17N3O2S/c1-11-3-4-13-10-14(5-6-15(13)21-11)23-8-7-20(25)18(24)17-16(22-19(20)23)9-12(2)26-17/h3-6,9-10,25H,7-8H2,1-2H3. The van der Waals surface area contributed by atoms with Gasteiger partial charge in [-0.05, 0) is 44.2 Å². The zero-order chi connectivity index (χ0) is 18.1. The Morgan fingerprint density at radius 2 is 2.04 bits per heavy atom. The second kappa shape index (κ2) is 5.22. The lowest BCUT2D eigenvalue weighted by Gasteiger charge is -2.28. The first-order valence-corrected chi connectivity index (χ1v) is 9.39. The predicted octanol–water partition coefficient (Wildman–Crippen LogP) is 3.78. The molecule has 1 atom stereocenters. The third-order valence-corrected chi connectivity index (χ3v) is 6.13. The molecule has 26 heavy (non-hydrogen) atoms. The number of thiophene rings is 1. The van der Waals surface area contributed by atoms with Gasteiger partial charge in [-0.25, -0.2) is 4.99 Å². The van der Waals surface area contributed by atoms with Crippen LogP contribution in [0.4, 0.5) is 11.4 Å². The van der Waals surface area contributed by atoms with Gasteiger partial charge in [0.1, 0.15) is 5.84 Å². The van der Waals surface area contributed by atoms with Gasteiger partial charge in [0.15, 0.2) is 5.60 Å². The first kappa shape index (κ1) is 15.7. The van der Waals surface area contributed by atoms with Crippen molar-refractivity contribution in [2.75, 3.05) is 11.4 Å². The van der Waals surface area contributed by atoms with Gasteiger partial charge in [0.25, 0.3) is 0 Å². The Bertz CT molecular complexity index is 1120. The maximum atomic E-state index is 12.9. The fourth-order valence-corrected chi connectivity index (χ4v) is 4.73. The fraction of sp³-hybridized carbons (Fsp3) is 0.250. The van der Waals surface area contributed by atoms with Crippen LogP contribution in [0.2, 0.25) is 0 Å². The van der Waals surface area contributed by atoms with Crippen molar-refractivity contribution < 1.29 is 9.90 Å². The van der Waals surface area contributed by atoms with E-state index in [1.807, 2.05) is 55.1 Å². The smallest absolute Gasteiger partial charge is 0.214 e. The van der Waals surface area contributed by atoms with E-state index in [1.165, 1.54) is 11.3 Å². The summed E-state index contributed by atoms with van der Waals surface area (Å²) in [5.74, 6) is 0.211. The number of carbonyl (C=O) groups excluding carboxylic acids is 1. The van der Waals surface area contributed by atoms with Gasteiger partial charge >= 0.3 is 0 Å². The van der Waals surface area contributed by atoms with E-state index >= 15 is 0 Å². The minimum absolute atomic E-state index is 0.226. The molecule has 0 aliphatic carbocycles. The van der Waals surface area contributed by atoms with Crippen LogP contribution in [-0.2, 0) is 0 Å². The maximum Gasteiger partial charge on any atom is 0.214 e. The quantitative estimate of drug-likeness (QED) is 0.714. The molecule has 4 heterocycles. The summed E-state index contributed by atoms with van der Waals surface area (Å²) in [5, 5.41) is 12.1. The molecular weight excluding hydrogens is 346 g/mol. The molecular formula is C20H17N3O2S. The van der Waals surface area contributed by atoms with Crippen LogP contribution in [0.1, 0.15) is 26.7 Å². The molecule has 1 unspecified atom stereocenters. The van der Waals surface area contributed by atoms with Gasteiger partial charge in [-0.3, -0.25) is 9.78 Å². The molecule has 1 N–H and O–H groups in total. The molecule has 2 aliphatic heterocycles. The minimum atomic E-state index is -1.52. The summed E-state index contributed by atoms with van der Waals surface area (Å²) in [5.41, 5.74) is 1.97. The summed E-state index contributed by atoms with van der Waals surface area (Å²) in [6, 6.07) is 11.9. The van der Waals surface area contributed by atoms with Crippen LogP contribution in [0.3, 0.4) is 0 Å². The zero-order valence-electron chi connectivity index (χ0n) is 14.5. The number of aryl methyl sites for hydroxylation is 2. The highest BCUT2D eigenvalue weighted by molar-refractivity contribution is 7.14. The monoisotopic (exact) mass is 363 g/mol. The summed E-state index contributed by atoms with van der Waals surface area (Å²) in [7, 11) is 0. The summed E-state index contributed by atoms with van der Waals surface area (Å²) in [4.78, 5) is 25.6. The van der Waals surface area contributed by atoms with Crippen LogP contribution in [0.5, 0.6) is 0 Å². The number of aliphatic imine (C=N–C) groups is 1. The van der Waals surface area contributed by atoms with Crippen molar-refractivity contribution in [3.05, 3.63) is 51.8 Å². The Balaban J connectivity index is 1.64. The van der Waals surface area contributed by atoms with Gasteiger partial charge < -0.3 is 10.0 Å². The molecule has 1 saturated heterocycles. The van der Waals surface area contributed by atoms with Crippen molar-refractivity contribution in [2.45, 2.75) is 25.9 Å². The van der Waals surface area contributed by atoms with Gasteiger partial charge in [-0.15, -0.1) is 11.3 Å². The van der Waals surface area contributed by atoms with Crippen molar-refractivity contribution in [2.24, 2.45) is 4.99 Å². The van der Waals surface area contributed by atoms with Gasteiger partial charge in [-0.1, -0.05) is 6.07 Å². The number of pyridine rings is 1. The Morgan fingerprint density at radius 1 is 1.19 bits per heavy atom. The van der Waals surface area contributed by atoms with Gasteiger partial charge in [-0.2, -0.15) is 0 Å². The molecule has 1 fully saturated rings. The van der Waals surface area contributed by atoms with Crippen molar-refractivity contribution in [1.82, 2.24) is 4.98 Å². The molecule has 0 saturated carbocycles. The molecule has 0 amide bonds. The number of hydrogen-bond acceptors (Lipinski definition) is 6. The van der Waals surface area contributed by atoms with Crippen LogP contribution < -0.4 is 4.90 Å². The number of amidine groups is 1. The van der Waals surface area contributed by atoms with Crippen molar-refractivity contribution in [3.63, 3.8) is 0 Å². The summed E-state index contributed by atoms with van der Waals surface area (Å²) >= 11 is 1.40. The molecule has 6 heteroatoms. The van der Waals surface area contributed by atoms with E-state index in [9.17, 15) is 9.90 Å². The number of anilines is 1. The molecule has 5 rings (SSSR count). The topological polar surface area (TPSA) is 65.8 Å². The van der Waals surface area contributed by atoms with Gasteiger partial charge in [0.05, 0.1) is 16.1 Å². The lowest BCUT2D eigenvalue weighted by Crippen LogP contribution is -2.48. The SMILES string of the molecule is Cc1ccc2cc(N3CCC4(O)C(=O)c5sc(C)cc5N=C34)ccc2n1. The number of carbonyl (C=O) groups is 1. The molecule has 130 valence electrons. The number of rotatable bonds is 1. The Kier molecular flexibility index (Phi) is 3.14. The summed E-state index contributed by atoms with van der Waals surface area (Å²) in [6.07, 6.45) is 0.352. The number of aliphatic hydroxyl groups is 1. The molecule has 0 radical (unpaired) electrons. The van der Waals surface area contributed by atoms with E-state index < -0.39 is 5.60 Å². The average Bonchev–Trinajstić information content (AvgIpc) is 3.16. The van der Waals surface area contributed by atoms with Crippen LogP contribution in [0.25, 0.3) is 10.9 Å². The molecule has 3 aromatic rings. The van der Waals surface area contributed by atoms with E-state index in [2.05, 4.69) is 9.98 Å². The number of Topliss-reactive ketones (excluding diaryl/α,β-unsaturated/α-hetero) is 1.